The third-order valence-electron chi connectivity index (χ3n) is 1.59. The predicted molar refractivity (Wildman–Crippen MR) is 45.3 cm³/mol. The van der Waals surface area contributed by atoms with Crippen LogP contribution < -0.4 is 5.73 Å². The zero-order valence-electron chi connectivity index (χ0n) is 7.05. The Hall–Kier alpha value is -0.380. The summed E-state index contributed by atoms with van der Waals surface area (Å²) in [6.45, 7) is 4.40. The maximum absolute atomic E-state index is 9.65. The highest BCUT2D eigenvalue weighted by Crippen LogP contribution is 2.13. The molecule has 0 bridgehead atoms. The van der Waals surface area contributed by atoms with Gasteiger partial charge in [-0.1, -0.05) is 6.08 Å². The summed E-state index contributed by atoms with van der Waals surface area (Å²) in [4.78, 5) is 0. The van der Waals surface area contributed by atoms with Gasteiger partial charge in [0.2, 0.25) is 0 Å². The number of hydrogen-bond donors (Lipinski definition) is 2. The van der Waals surface area contributed by atoms with E-state index in [4.69, 9.17) is 10.5 Å². The minimum Gasteiger partial charge on any atom is -0.383 e. The van der Waals surface area contributed by atoms with Crippen molar-refractivity contribution < 1.29 is 9.84 Å². The van der Waals surface area contributed by atoms with E-state index < -0.39 is 5.60 Å². The molecule has 11 heavy (non-hydrogen) atoms. The second kappa shape index (κ2) is 5.29. The average molecular weight is 159 g/mol. The Bertz CT molecular complexity index is 117. The Kier molecular flexibility index (Phi) is 5.11. The van der Waals surface area contributed by atoms with Gasteiger partial charge in [0.15, 0.2) is 0 Å². The van der Waals surface area contributed by atoms with Crippen molar-refractivity contribution in [2.45, 2.75) is 18.4 Å². The molecule has 0 fully saturated rings. The van der Waals surface area contributed by atoms with Crippen LogP contribution in [0.5, 0.6) is 0 Å². The molecule has 1 atom stereocenters. The molecule has 0 aromatic heterocycles. The van der Waals surface area contributed by atoms with E-state index in [1.165, 1.54) is 6.08 Å². The smallest absolute Gasteiger partial charge is 0.106 e. The molecule has 0 aliphatic carbocycles. The van der Waals surface area contributed by atoms with E-state index in [0.717, 1.165) is 6.42 Å². The third kappa shape index (κ3) is 4.14. The number of nitrogens with two attached hydrogens (primary N) is 1. The van der Waals surface area contributed by atoms with Crippen LogP contribution in [0.2, 0.25) is 0 Å². The van der Waals surface area contributed by atoms with Crippen molar-refractivity contribution in [2.75, 3.05) is 20.3 Å². The van der Waals surface area contributed by atoms with Crippen molar-refractivity contribution in [3.05, 3.63) is 12.7 Å². The Balaban J connectivity index is 3.77. The van der Waals surface area contributed by atoms with Gasteiger partial charge in [-0.3, -0.25) is 0 Å². The summed E-state index contributed by atoms with van der Waals surface area (Å²) in [5.41, 5.74) is 4.41. The minimum atomic E-state index is -0.895. The lowest BCUT2D eigenvalue weighted by atomic mass is 9.99. The molecule has 0 spiro atoms. The molecule has 3 heteroatoms. The third-order valence-corrected chi connectivity index (χ3v) is 1.59. The van der Waals surface area contributed by atoms with Crippen LogP contribution in [-0.2, 0) is 4.74 Å². The number of aliphatic hydroxyl groups is 1. The number of ether oxygens (including phenoxy) is 1. The van der Waals surface area contributed by atoms with Crippen LogP contribution in [0, 0.1) is 0 Å². The number of rotatable bonds is 6. The van der Waals surface area contributed by atoms with Crippen molar-refractivity contribution in [2.24, 2.45) is 5.73 Å². The summed E-state index contributed by atoms with van der Waals surface area (Å²) >= 11 is 0. The molecule has 0 aliphatic rings. The molecule has 0 rings (SSSR count). The van der Waals surface area contributed by atoms with Gasteiger partial charge in [0.25, 0.3) is 0 Å². The molecule has 66 valence electrons. The fraction of sp³-hybridized carbons (Fsp3) is 0.750. The Morgan fingerprint density at radius 2 is 2.36 bits per heavy atom. The topological polar surface area (TPSA) is 55.5 Å². The Morgan fingerprint density at radius 3 is 2.73 bits per heavy atom. The lowest BCUT2D eigenvalue weighted by Crippen LogP contribution is -2.32. The van der Waals surface area contributed by atoms with Crippen LogP contribution in [0.25, 0.3) is 0 Å². The lowest BCUT2D eigenvalue weighted by molar-refractivity contribution is -0.000375. The summed E-state index contributed by atoms with van der Waals surface area (Å²) in [5, 5.41) is 9.65. The van der Waals surface area contributed by atoms with Gasteiger partial charge >= 0.3 is 0 Å². The maximum Gasteiger partial charge on any atom is 0.106 e. The monoisotopic (exact) mass is 159 g/mol. The fourth-order valence-electron chi connectivity index (χ4n) is 0.891. The largest absolute Gasteiger partial charge is 0.383 e. The molecular formula is C8H17NO2. The molecule has 0 aliphatic heterocycles. The summed E-state index contributed by atoms with van der Waals surface area (Å²) in [7, 11) is 1.55. The first-order valence-electron chi connectivity index (χ1n) is 3.73. The van der Waals surface area contributed by atoms with Crippen molar-refractivity contribution in [3.8, 4) is 0 Å². The van der Waals surface area contributed by atoms with Gasteiger partial charge < -0.3 is 15.6 Å². The zero-order valence-corrected chi connectivity index (χ0v) is 7.05. The van der Waals surface area contributed by atoms with E-state index in [2.05, 4.69) is 6.58 Å². The molecule has 0 aromatic carbocycles. The highest BCUT2D eigenvalue weighted by molar-refractivity contribution is 4.95. The zero-order chi connectivity index (χ0) is 8.74. The molecule has 0 amide bonds. The van der Waals surface area contributed by atoms with Crippen LogP contribution in [-0.4, -0.2) is 31.0 Å². The Labute approximate surface area is 67.9 Å². The fourth-order valence-corrected chi connectivity index (χ4v) is 0.891. The summed E-state index contributed by atoms with van der Waals surface area (Å²) in [6, 6.07) is 0. The van der Waals surface area contributed by atoms with Crippen LogP contribution in [0.3, 0.4) is 0 Å². The summed E-state index contributed by atoms with van der Waals surface area (Å²) in [5.74, 6) is 0. The molecule has 1 unspecified atom stereocenters. The number of methoxy groups -OCH3 is 1. The first-order chi connectivity index (χ1) is 5.18. The molecule has 0 saturated carbocycles. The van der Waals surface area contributed by atoms with E-state index in [1.807, 2.05) is 0 Å². The SMILES string of the molecule is C=CC(O)(CCCN)COC. The van der Waals surface area contributed by atoms with E-state index in [1.54, 1.807) is 7.11 Å². The second-order valence-corrected chi connectivity index (χ2v) is 2.63. The van der Waals surface area contributed by atoms with Gasteiger partial charge in [0.1, 0.15) is 5.60 Å². The molecule has 0 saturated heterocycles. The molecule has 3 nitrogen and oxygen atoms in total. The Morgan fingerprint density at radius 1 is 1.73 bits per heavy atom. The summed E-state index contributed by atoms with van der Waals surface area (Å²) in [6.07, 6.45) is 2.90. The molecule has 3 N–H and O–H groups in total. The maximum atomic E-state index is 9.65. The highest BCUT2D eigenvalue weighted by atomic mass is 16.5. The van der Waals surface area contributed by atoms with Gasteiger partial charge in [-0.15, -0.1) is 6.58 Å². The molecule has 0 heterocycles. The second-order valence-electron chi connectivity index (χ2n) is 2.63. The van der Waals surface area contributed by atoms with Gasteiger partial charge in [0, 0.05) is 7.11 Å². The van der Waals surface area contributed by atoms with Gasteiger partial charge in [-0.05, 0) is 19.4 Å². The minimum absolute atomic E-state index is 0.288. The molecular weight excluding hydrogens is 142 g/mol. The summed E-state index contributed by atoms with van der Waals surface area (Å²) < 4.78 is 4.83. The van der Waals surface area contributed by atoms with Crippen molar-refractivity contribution in [1.82, 2.24) is 0 Å². The normalized spacial score (nSPS) is 15.9. The molecule has 0 radical (unpaired) electrons. The van der Waals surface area contributed by atoms with Crippen LogP contribution in [0.4, 0.5) is 0 Å². The highest BCUT2D eigenvalue weighted by Gasteiger charge is 2.21. The van der Waals surface area contributed by atoms with Gasteiger partial charge in [-0.25, -0.2) is 0 Å². The predicted octanol–water partition coefficient (Wildman–Crippen LogP) is 0.289. The molecule has 0 aromatic rings. The van der Waals surface area contributed by atoms with Crippen LogP contribution in [0.15, 0.2) is 12.7 Å². The van der Waals surface area contributed by atoms with Crippen LogP contribution >= 0.6 is 0 Å². The number of hydrogen-bond acceptors (Lipinski definition) is 3. The van der Waals surface area contributed by atoms with E-state index in [0.29, 0.717) is 13.0 Å². The quantitative estimate of drug-likeness (QED) is 0.548. The lowest BCUT2D eigenvalue weighted by Gasteiger charge is -2.22. The first-order valence-corrected chi connectivity index (χ1v) is 3.73. The van der Waals surface area contributed by atoms with Crippen molar-refractivity contribution >= 4 is 0 Å². The first kappa shape index (κ1) is 10.6. The van der Waals surface area contributed by atoms with E-state index >= 15 is 0 Å². The van der Waals surface area contributed by atoms with E-state index in [9.17, 15) is 5.11 Å². The van der Waals surface area contributed by atoms with Gasteiger partial charge in [0.05, 0.1) is 6.61 Å². The van der Waals surface area contributed by atoms with Gasteiger partial charge in [-0.2, -0.15) is 0 Å². The van der Waals surface area contributed by atoms with Crippen molar-refractivity contribution in [3.63, 3.8) is 0 Å². The van der Waals surface area contributed by atoms with Crippen molar-refractivity contribution in [1.29, 1.82) is 0 Å². The average Bonchev–Trinajstić information content (AvgIpc) is 2.02. The van der Waals surface area contributed by atoms with E-state index in [-0.39, 0.29) is 6.61 Å². The standard InChI is InChI=1S/C8H17NO2/c1-3-8(10,7-11-2)5-4-6-9/h3,10H,1,4-7,9H2,2H3. The van der Waals surface area contributed by atoms with Crippen LogP contribution in [0.1, 0.15) is 12.8 Å².